The van der Waals surface area contributed by atoms with Gasteiger partial charge in [0.05, 0.1) is 5.60 Å². The molecule has 2 bridgehead atoms. The predicted octanol–water partition coefficient (Wildman–Crippen LogP) is 2.88. The largest absolute Gasteiger partial charge is 0.385 e. The lowest BCUT2D eigenvalue weighted by atomic mass is 9.73. The highest BCUT2D eigenvalue weighted by Crippen LogP contribution is 2.44. The zero-order valence-corrected chi connectivity index (χ0v) is 13.3. The zero-order valence-electron chi connectivity index (χ0n) is 13.3. The molecule has 2 aliphatic rings. The Hall–Kier alpha value is -1.78. The zero-order chi connectivity index (χ0) is 15.7. The first-order chi connectivity index (χ1) is 11.2. The van der Waals surface area contributed by atoms with Gasteiger partial charge in [-0.05, 0) is 31.2 Å². The van der Waals surface area contributed by atoms with E-state index in [0.29, 0.717) is 12.1 Å². The number of aromatic nitrogens is 2. The van der Waals surface area contributed by atoms with E-state index < -0.39 is 5.60 Å². The molecular weight excluding hydrogens is 286 g/mol. The van der Waals surface area contributed by atoms with Gasteiger partial charge in [0.15, 0.2) is 0 Å². The topological polar surface area (TPSA) is 49.3 Å². The highest BCUT2D eigenvalue weighted by molar-refractivity contribution is 5.20. The highest BCUT2D eigenvalue weighted by Gasteiger charge is 2.46. The van der Waals surface area contributed by atoms with Crippen molar-refractivity contribution in [3.63, 3.8) is 0 Å². The average Bonchev–Trinajstić information content (AvgIpc) is 2.58. The molecule has 3 heterocycles. The summed E-state index contributed by atoms with van der Waals surface area (Å²) in [6.45, 7) is 0.984. The van der Waals surface area contributed by atoms with Gasteiger partial charge >= 0.3 is 0 Å². The van der Waals surface area contributed by atoms with Crippen LogP contribution in [0.3, 0.4) is 0 Å². The molecular formula is C19H23N3O. The highest BCUT2D eigenvalue weighted by atomic mass is 16.3. The lowest BCUT2D eigenvalue weighted by Crippen LogP contribution is -2.56. The van der Waals surface area contributed by atoms with Crippen LogP contribution in [0.2, 0.25) is 0 Å². The molecule has 2 atom stereocenters. The van der Waals surface area contributed by atoms with Crippen LogP contribution in [-0.2, 0) is 12.1 Å². The Kier molecular flexibility index (Phi) is 3.87. The monoisotopic (exact) mass is 309 g/mol. The fourth-order valence-corrected chi connectivity index (χ4v) is 4.35. The molecule has 1 aromatic heterocycles. The number of hydrogen-bond donors (Lipinski definition) is 1. The number of benzene rings is 1. The first-order valence-corrected chi connectivity index (χ1v) is 8.52. The Labute approximate surface area is 137 Å². The van der Waals surface area contributed by atoms with Crippen LogP contribution >= 0.6 is 0 Å². The molecule has 4 nitrogen and oxygen atoms in total. The molecule has 2 aliphatic heterocycles. The second-order valence-corrected chi connectivity index (χ2v) is 6.96. The lowest BCUT2D eigenvalue weighted by molar-refractivity contribution is -0.100. The van der Waals surface area contributed by atoms with Gasteiger partial charge < -0.3 is 5.11 Å². The van der Waals surface area contributed by atoms with Crippen molar-refractivity contribution in [1.82, 2.24) is 14.9 Å². The molecule has 0 amide bonds. The maximum atomic E-state index is 11.2. The molecule has 1 N–H and O–H groups in total. The Morgan fingerprint density at radius 2 is 1.70 bits per heavy atom. The Bertz CT molecular complexity index is 632. The van der Waals surface area contributed by atoms with E-state index >= 15 is 0 Å². The minimum absolute atomic E-state index is 0.438. The van der Waals surface area contributed by atoms with Crippen LogP contribution in [-0.4, -0.2) is 32.1 Å². The van der Waals surface area contributed by atoms with E-state index in [4.69, 9.17) is 0 Å². The molecule has 0 aliphatic carbocycles. The van der Waals surface area contributed by atoms with E-state index in [1.165, 1.54) is 31.2 Å². The fourth-order valence-electron chi connectivity index (χ4n) is 4.35. The number of rotatable bonds is 3. The van der Waals surface area contributed by atoms with Crippen LogP contribution in [0.5, 0.6) is 0 Å². The number of piperidine rings is 2. The normalized spacial score (nSPS) is 31.0. The van der Waals surface area contributed by atoms with E-state index in [0.717, 1.165) is 24.9 Å². The number of nitrogens with zero attached hydrogens (tertiary/aromatic N) is 3. The summed E-state index contributed by atoms with van der Waals surface area (Å²) in [6, 6.07) is 11.5. The molecule has 0 radical (unpaired) electrons. The van der Waals surface area contributed by atoms with Crippen molar-refractivity contribution in [3.05, 3.63) is 60.2 Å². The summed E-state index contributed by atoms with van der Waals surface area (Å²) >= 11 is 0. The van der Waals surface area contributed by atoms with Crippen molar-refractivity contribution in [2.45, 2.75) is 56.3 Å². The minimum Gasteiger partial charge on any atom is -0.385 e. The molecule has 120 valence electrons. The van der Waals surface area contributed by atoms with Gasteiger partial charge in [0.1, 0.15) is 6.33 Å². The molecule has 0 saturated carbocycles. The summed E-state index contributed by atoms with van der Waals surface area (Å²) < 4.78 is 0. The molecule has 2 fully saturated rings. The second kappa shape index (κ2) is 6.02. The van der Waals surface area contributed by atoms with Crippen molar-refractivity contribution in [2.75, 3.05) is 0 Å². The van der Waals surface area contributed by atoms with Gasteiger partial charge in [-0.25, -0.2) is 9.97 Å². The van der Waals surface area contributed by atoms with E-state index in [2.05, 4.69) is 45.2 Å². The third-order valence-corrected chi connectivity index (χ3v) is 5.47. The Balaban J connectivity index is 1.57. The number of fused-ring (bicyclic) bond motifs is 2. The number of hydrogen-bond acceptors (Lipinski definition) is 4. The lowest BCUT2D eigenvalue weighted by Gasteiger charge is -2.52. The summed E-state index contributed by atoms with van der Waals surface area (Å²) in [7, 11) is 0. The van der Waals surface area contributed by atoms with Crippen molar-refractivity contribution in [2.24, 2.45) is 0 Å². The molecule has 1 aromatic carbocycles. The molecule has 2 aromatic rings. The third kappa shape index (κ3) is 2.89. The van der Waals surface area contributed by atoms with Crippen molar-refractivity contribution >= 4 is 0 Å². The van der Waals surface area contributed by atoms with Gasteiger partial charge in [0.2, 0.25) is 0 Å². The summed E-state index contributed by atoms with van der Waals surface area (Å²) in [5.41, 5.74) is 1.46. The molecule has 4 rings (SSSR count). The SMILES string of the molecule is OC1(c2cncnc2)CC2CCCC(C1)N2Cc1ccccc1. The van der Waals surface area contributed by atoms with Gasteiger partial charge in [-0.2, -0.15) is 0 Å². The van der Waals surface area contributed by atoms with Crippen molar-refractivity contribution in [1.29, 1.82) is 0 Å². The molecule has 2 unspecified atom stereocenters. The Morgan fingerprint density at radius 1 is 1.04 bits per heavy atom. The fraction of sp³-hybridized carbons (Fsp3) is 0.474. The van der Waals surface area contributed by atoms with Crippen LogP contribution in [0.15, 0.2) is 49.1 Å². The van der Waals surface area contributed by atoms with Crippen LogP contribution < -0.4 is 0 Å². The number of aliphatic hydroxyl groups is 1. The predicted molar refractivity (Wildman–Crippen MR) is 88.6 cm³/mol. The van der Waals surface area contributed by atoms with E-state index in [1.807, 2.05) is 0 Å². The van der Waals surface area contributed by atoms with Crippen LogP contribution in [0.1, 0.15) is 43.2 Å². The van der Waals surface area contributed by atoms with Crippen LogP contribution in [0.4, 0.5) is 0 Å². The average molecular weight is 309 g/mol. The van der Waals surface area contributed by atoms with Gasteiger partial charge in [-0.3, -0.25) is 4.90 Å². The molecule has 2 saturated heterocycles. The quantitative estimate of drug-likeness (QED) is 0.947. The van der Waals surface area contributed by atoms with Gasteiger partial charge in [-0.15, -0.1) is 0 Å². The maximum absolute atomic E-state index is 11.2. The van der Waals surface area contributed by atoms with Gasteiger partial charge in [0, 0.05) is 36.6 Å². The summed E-state index contributed by atoms with van der Waals surface area (Å²) in [5.74, 6) is 0. The Morgan fingerprint density at radius 3 is 2.35 bits per heavy atom. The van der Waals surface area contributed by atoms with Crippen LogP contribution in [0, 0.1) is 0 Å². The van der Waals surface area contributed by atoms with E-state index in [-0.39, 0.29) is 0 Å². The molecule has 4 heteroatoms. The van der Waals surface area contributed by atoms with Crippen LogP contribution in [0.25, 0.3) is 0 Å². The van der Waals surface area contributed by atoms with Crippen molar-refractivity contribution in [3.8, 4) is 0 Å². The summed E-state index contributed by atoms with van der Waals surface area (Å²) in [5, 5.41) is 11.2. The van der Waals surface area contributed by atoms with Gasteiger partial charge in [-0.1, -0.05) is 36.8 Å². The van der Waals surface area contributed by atoms with E-state index in [9.17, 15) is 5.11 Å². The summed E-state index contributed by atoms with van der Waals surface area (Å²) in [6.07, 6.45) is 10.2. The second-order valence-electron chi connectivity index (χ2n) is 6.96. The molecule has 23 heavy (non-hydrogen) atoms. The summed E-state index contributed by atoms with van der Waals surface area (Å²) in [4.78, 5) is 10.8. The van der Waals surface area contributed by atoms with E-state index in [1.54, 1.807) is 12.4 Å². The third-order valence-electron chi connectivity index (χ3n) is 5.47. The van der Waals surface area contributed by atoms with Crippen molar-refractivity contribution < 1.29 is 5.11 Å². The maximum Gasteiger partial charge on any atom is 0.115 e. The first kappa shape index (κ1) is 14.8. The standard InChI is InChI=1S/C19H23N3O/c23-19(16-11-20-14-21-12-16)9-17-7-4-8-18(10-19)22(17)13-15-5-2-1-3-6-15/h1-3,5-6,11-12,14,17-18,23H,4,7-10,13H2. The molecule has 0 spiro atoms. The smallest absolute Gasteiger partial charge is 0.115 e. The van der Waals surface area contributed by atoms with Gasteiger partial charge in [0.25, 0.3) is 0 Å². The minimum atomic E-state index is -0.774. The first-order valence-electron chi connectivity index (χ1n) is 8.52.